The largest absolute Gasteiger partial charge is 0.311 e. The van der Waals surface area contributed by atoms with Crippen molar-refractivity contribution >= 4 is 125 Å². The summed E-state index contributed by atoms with van der Waals surface area (Å²) in [5.41, 5.74) is 14.2. The smallest absolute Gasteiger partial charge is 0.0462 e. The quantitative estimate of drug-likeness (QED) is 0.0526. The zero-order valence-corrected chi connectivity index (χ0v) is 63.9. The minimum atomic E-state index is 0.0470. The van der Waals surface area contributed by atoms with Crippen molar-refractivity contribution in [2.45, 2.75) is 130 Å². The first kappa shape index (κ1) is 67.7. The van der Waals surface area contributed by atoms with Crippen LogP contribution in [0.25, 0.3) is 90.5 Å². The van der Waals surface area contributed by atoms with Crippen molar-refractivity contribution in [3.63, 3.8) is 0 Å². The van der Waals surface area contributed by atoms with Crippen LogP contribution in [-0.4, -0.2) is 0 Å². The lowest BCUT2D eigenvalue weighted by Gasteiger charge is -2.27. The zero-order valence-electron chi connectivity index (χ0n) is 57.3. The van der Waals surface area contributed by atoms with E-state index in [1.807, 2.05) is 90.7 Å². The Hall–Kier alpha value is -7.48. The minimum Gasteiger partial charge on any atom is -0.311 e. The van der Waals surface area contributed by atoms with Gasteiger partial charge in [0, 0.05) is 112 Å². The molecule has 6 aromatic carbocycles. The molecule has 0 unspecified atom stereocenters. The number of unbranched alkanes of at least 4 members (excludes halogenated alkanes) is 6. The Morgan fingerprint density at radius 1 is 0.214 bits per heavy atom. The van der Waals surface area contributed by atoms with Gasteiger partial charge in [0.1, 0.15) is 0 Å². The highest BCUT2D eigenvalue weighted by Crippen LogP contribution is 2.48. The van der Waals surface area contributed by atoms with Gasteiger partial charge in [0.25, 0.3) is 0 Å². The van der Waals surface area contributed by atoms with E-state index in [0.717, 1.165) is 34.1 Å². The molecule has 98 heavy (non-hydrogen) atoms. The Balaban J connectivity index is 0.672. The Kier molecular flexibility index (Phi) is 20.8. The summed E-state index contributed by atoms with van der Waals surface area (Å²) < 4.78 is 0. The average molecular weight is 1430 g/mol. The molecule has 0 bridgehead atoms. The summed E-state index contributed by atoms with van der Waals surface area (Å²) in [6.45, 7) is 18.3. The van der Waals surface area contributed by atoms with Gasteiger partial charge in [-0.25, -0.2) is 0 Å². The Morgan fingerprint density at radius 3 is 0.684 bits per heavy atom. The summed E-state index contributed by atoms with van der Waals surface area (Å²) in [5, 5.41) is 0. The maximum absolute atomic E-state index is 2.39. The SMILES string of the molecule is CCCCCCc1ccc(-c2ccc(-c3ccc(-c4ccc(-c5ccc(N(c6ccc(-c7ccc(N(c8ccc(-c9ccc(-c%10ccc(-c%11ccc(-c%12ccc(CCCCCC)s%12)s%11)s%10)s9)cc8)c8ccc(C(C)(C)C)cc8)cc7)cc6)c6ccc(C(C)(C)C)cc6)cc5)s4)s3)s2)s1. The van der Waals surface area contributed by atoms with Gasteiger partial charge in [0.2, 0.25) is 0 Å². The fourth-order valence-electron chi connectivity index (χ4n) is 12.7. The maximum atomic E-state index is 2.39. The number of nitrogens with zero attached hydrogens (tertiary/aromatic N) is 2. The highest BCUT2D eigenvalue weighted by Gasteiger charge is 2.22. The third-order valence-corrected chi connectivity index (χ3v) is 28.4. The van der Waals surface area contributed by atoms with Crippen molar-refractivity contribution in [3.05, 3.63) is 264 Å². The van der Waals surface area contributed by atoms with Crippen LogP contribution in [0.4, 0.5) is 34.1 Å². The summed E-state index contributed by atoms with van der Waals surface area (Å²) in [7, 11) is 0. The van der Waals surface area contributed by atoms with Crippen molar-refractivity contribution in [1.29, 1.82) is 0 Å². The van der Waals surface area contributed by atoms with Gasteiger partial charge in [-0.2, -0.15) is 0 Å². The van der Waals surface area contributed by atoms with Gasteiger partial charge in [0.05, 0.1) is 0 Å². The van der Waals surface area contributed by atoms with Gasteiger partial charge in [-0.15, -0.1) is 90.7 Å². The molecule has 0 saturated carbocycles. The molecule has 0 amide bonds. The molecule has 14 aromatic rings. The van der Waals surface area contributed by atoms with E-state index >= 15 is 0 Å². The van der Waals surface area contributed by atoms with E-state index in [0.29, 0.717) is 0 Å². The summed E-state index contributed by atoms with van der Waals surface area (Å²) in [6.07, 6.45) is 12.8. The lowest BCUT2D eigenvalue weighted by atomic mass is 9.87. The van der Waals surface area contributed by atoms with Crippen molar-refractivity contribution in [1.82, 2.24) is 0 Å². The number of anilines is 6. The topological polar surface area (TPSA) is 6.48 Å². The predicted molar refractivity (Wildman–Crippen MR) is 441 cm³/mol. The predicted octanol–water partition coefficient (Wildman–Crippen LogP) is 31.0. The fourth-order valence-corrected chi connectivity index (χ4v) is 21.4. The Bertz CT molecular complexity index is 4570. The second-order valence-electron chi connectivity index (χ2n) is 27.6. The number of benzene rings is 6. The molecular weight excluding hydrogens is 1340 g/mol. The molecule has 494 valence electrons. The monoisotopic (exact) mass is 1420 g/mol. The molecule has 2 nitrogen and oxygen atoms in total. The number of rotatable bonds is 25. The first-order valence-corrected chi connectivity index (χ1v) is 41.2. The van der Waals surface area contributed by atoms with Crippen LogP contribution < -0.4 is 9.80 Å². The molecule has 10 heteroatoms. The normalized spacial score (nSPS) is 11.9. The van der Waals surface area contributed by atoms with E-state index < -0.39 is 0 Å². The molecule has 14 rings (SSSR count). The van der Waals surface area contributed by atoms with Gasteiger partial charge >= 0.3 is 0 Å². The van der Waals surface area contributed by atoms with Crippen molar-refractivity contribution < 1.29 is 0 Å². The van der Waals surface area contributed by atoms with Gasteiger partial charge in [-0.05, 0) is 240 Å². The van der Waals surface area contributed by atoms with E-state index in [1.54, 1.807) is 0 Å². The summed E-state index contributed by atoms with van der Waals surface area (Å²) in [5.74, 6) is 0. The van der Waals surface area contributed by atoms with E-state index in [1.165, 1.54) is 176 Å². The number of thiophene rings is 8. The van der Waals surface area contributed by atoms with Crippen LogP contribution in [0.15, 0.2) is 243 Å². The van der Waals surface area contributed by atoms with Crippen LogP contribution in [-0.2, 0) is 23.7 Å². The first-order valence-electron chi connectivity index (χ1n) is 34.7. The highest BCUT2D eigenvalue weighted by molar-refractivity contribution is 7.30. The number of hydrogen-bond acceptors (Lipinski definition) is 10. The second kappa shape index (κ2) is 30.2. The molecule has 0 radical (unpaired) electrons. The lowest BCUT2D eigenvalue weighted by molar-refractivity contribution is 0.590. The number of aryl methyl sites for hydroxylation is 2. The first-order chi connectivity index (χ1) is 47.7. The lowest BCUT2D eigenvalue weighted by Crippen LogP contribution is -2.13. The Morgan fingerprint density at radius 2 is 0.429 bits per heavy atom. The molecule has 0 N–H and O–H groups in total. The minimum absolute atomic E-state index is 0.0470. The van der Waals surface area contributed by atoms with Crippen molar-refractivity contribution in [2.75, 3.05) is 9.80 Å². The summed E-state index contributed by atoms with van der Waals surface area (Å²) in [4.78, 5) is 26.4. The molecule has 0 aliphatic carbocycles. The van der Waals surface area contributed by atoms with Crippen LogP contribution in [0.5, 0.6) is 0 Å². The van der Waals surface area contributed by atoms with Crippen molar-refractivity contribution in [2.24, 2.45) is 0 Å². The van der Waals surface area contributed by atoms with Crippen molar-refractivity contribution in [3.8, 4) is 90.5 Å². The van der Waals surface area contributed by atoms with E-state index in [-0.39, 0.29) is 10.8 Å². The van der Waals surface area contributed by atoms with Crippen LogP contribution in [0.1, 0.15) is 128 Å². The van der Waals surface area contributed by atoms with E-state index in [4.69, 9.17) is 0 Å². The summed E-state index contributed by atoms with van der Waals surface area (Å²) in [6, 6.07) is 91.8. The highest BCUT2D eigenvalue weighted by atomic mass is 32.1. The standard InChI is InChI=1S/C88H84N2S8/c1-9-11-13-15-17-71-43-45-75(91-71)77-51-53-83(95-77)85-57-55-81(97-85)79-49-47-73(93-79)61-23-35-67(36-24-61)89(69-39-27-63(28-40-69)87(3,4)5)65-31-19-59(20-32-65)60-21-33-66(34-22-60)90(70-41-29-64(30-42-70)88(6,7)8)68-37-25-62(26-38-68)74-48-50-80(94-74)82-56-58-86(98-82)84-54-52-78(96-84)76-46-44-72(92-76)18-16-14-12-10-2/h19-58H,9-18H2,1-8H3. The van der Waals surface area contributed by atoms with Crippen LogP contribution in [0.2, 0.25) is 0 Å². The second-order valence-corrected chi connectivity index (χ2v) is 36.4. The molecule has 8 heterocycles. The molecule has 0 fully saturated rings. The molecule has 0 aliphatic heterocycles. The molecule has 8 aromatic heterocycles. The maximum Gasteiger partial charge on any atom is 0.0462 e. The zero-order chi connectivity index (χ0) is 67.3. The fraction of sp³-hybridized carbons (Fsp3) is 0.227. The molecular formula is C88H84N2S8. The van der Waals surface area contributed by atoms with Gasteiger partial charge < -0.3 is 9.80 Å². The molecule has 0 spiro atoms. The molecule has 0 atom stereocenters. The number of hydrogen-bond donors (Lipinski definition) is 0. The third kappa shape index (κ3) is 15.6. The average Bonchev–Trinajstić information content (AvgIpc) is 1.08. The van der Waals surface area contributed by atoms with E-state index in [2.05, 4.69) is 308 Å². The Labute approximate surface area is 613 Å². The summed E-state index contributed by atoms with van der Waals surface area (Å²) >= 11 is 15.3. The molecule has 0 aliphatic rings. The third-order valence-electron chi connectivity index (χ3n) is 18.4. The van der Waals surface area contributed by atoms with Gasteiger partial charge in [0.15, 0.2) is 0 Å². The van der Waals surface area contributed by atoms with Gasteiger partial charge in [-0.3, -0.25) is 0 Å². The van der Waals surface area contributed by atoms with Crippen LogP contribution in [0, 0.1) is 0 Å². The van der Waals surface area contributed by atoms with Crippen LogP contribution in [0.3, 0.4) is 0 Å². The van der Waals surface area contributed by atoms with Gasteiger partial charge in [-0.1, -0.05) is 167 Å². The molecule has 0 saturated heterocycles. The van der Waals surface area contributed by atoms with E-state index in [9.17, 15) is 0 Å². The van der Waals surface area contributed by atoms with Crippen LogP contribution >= 0.6 is 90.7 Å².